The van der Waals surface area contributed by atoms with E-state index in [0.717, 1.165) is 19.4 Å². The molecular weight excluding hydrogens is 280 g/mol. The molecule has 1 aromatic heterocycles. The van der Waals surface area contributed by atoms with Gasteiger partial charge in [-0.2, -0.15) is 5.10 Å². The Morgan fingerprint density at radius 3 is 2.85 bits per heavy atom. The maximum atomic E-state index is 12.2. The van der Waals surface area contributed by atoms with Gasteiger partial charge in [-0.3, -0.25) is 4.68 Å². The van der Waals surface area contributed by atoms with Crippen LogP contribution < -0.4 is 10.0 Å². The van der Waals surface area contributed by atoms with Crippen molar-refractivity contribution in [1.82, 2.24) is 19.8 Å². The highest BCUT2D eigenvalue weighted by Gasteiger charge is 2.21. The summed E-state index contributed by atoms with van der Waals surface area (Å²) < 4.78 is 33.8. The minimum atomic E-state index is -3.54. The van der Waals surface area contributed by atoms with E-state index in [1.807, 2.05) is 14.0 Å². The van der Waals surface area contributed by atoms with Crippen molar-refractivity contribution in [3.8, 4) is 0 Å². The molecule has 2 N–H and O–H groups in total. The summed E-state index contributed by atoms with van der Waals surface area (Å²) in [5.41, 5.74) is 0. The van der Waals surface area contributed by atoms with Crippen LogP contribution in [0.1, 0.15) is 19.8 Å². The van der Waals surface area contributed by atoms with Crippen LogP contribution in [-0.4, -0.2) is 51.5 Å². The summed E-state index contributed by atoms with van der Waals surface area (Å²) in [4.78, 5) is 0.186. The molecule has 116 valence electrons. The van der Waals surface area contributed by atoms with Crippen molar-refractivity contribution in [3.63, 3.8) is 0 Å². The second-order valence-corrected chi connectivity index (χ2v) is 6.32. The van der Waals surface area contributed by atoms with Crippen molar-refractivity contribution in [2.75, 3.05) is 27.3 Å². The fraction of sp³-hybridized carbons (Fsp3) is 0.750. The third-order valence-corrected chi connectivity index (χ3v) is 4.31. The van der Waals surface area contributed by atoms with Crippen LogP contribution in [0.5, 0.6) is 0 Å². The van der Waals surface area contributed by atoms with Gasteiger partial charge in [-0.25, -0.2) is 13.1 Å². The summed E-state index contributed by atoms with van der Waals surface area (Å²) in [7, 11) is -0.143. The lowest BCUT2D eigenvalue weighted by molar-refractivity contribution is 0.171. The Hall–Kier alpha value is -0.960. The largest absolute Gasteiger partial charge is 0.383 e. The average molecular weight is 304 g/mol. The number of sulfonamides is 1. The second-order valence-electron chi connectivity index (χ2n) is 4.60. The number of ether oxygens (including phenoxy) is 1. The summed E-state index contributed by atoms with van der Waals surface area (Å²) >= 11 is 0. The van der Waals surface area contributed by atoms with Crippen molar-refractivity contribution < 1.29 is 13.2 Å². The Bertz CT molecular complexity index is 481. The van der Waals surface area contributed by atoms with E-state index < -0.39 is 10.0 Å². The molecule has 1 atom stereocenters. The van der Waals surface area contributed by atoms with Crippen LogP contribution in [0.15, 0.2) is 17.3 Å². The third-order valence-electron chi connectivity index (χ3n) is 2.84. The second kappa shape index (κ2) is 8.35. The van der Waals surface area contributed by atoms with Gasteiger partial charge in [-0.1, -0.05) is 13.3 Å². The van der Waals surface area contributed by atoms with Gasteiger partial charge in [0.15, 0.2) is 0 Å². The molecule has 8 heteroatoms. The topological polar surface area (TPSA) is 85.2 Å². The van der Waals surface area contributed by atoms with Crippen LogP contribution in [0, 0.1) is 0 Å². The standard InChI is InChI=1S/C12H24N4O3S/c1-4-5-11(10-19-3)15-20(17,18)12-8-14-16(9-12)7-6-13-2/h8-9,11,13,15H,4-7,10H2,1-3H3. The predicted octanol–water partition coefficient (Wildman–Crippen LogP) is 0.196. The molecule has 0 saturated carbocycles. The zero-order valence-electron chi connectivity index (χ0n) is 12.3. The van der Waals surface area contributed by atoms with E-state index in [-0.39, 0.29) is 10.9 Å². The van der Waals surface area contributed by atoms with Crippen LogP contribution in [0.4, 0.5) is 0 Å². The highest BCUT2D eigenvalue weighted by molar-refractivity contribution is 7.89. The molecule has 0 radical (unpaired) electrons. The highest BCUT2D eigenvalue weighted by Crippen LogP contribution is 2.09. The third kappa shape index (κ3) is 5.20. The summed E-state index contributed by atoms with van der Waals surface area (Å²) in [6.07, 6.45) is 4.53. The molecule has 0 fully saturated rings. The lowest BCUT2D eigenvalue weighted by Gasteiger charge is -2.16. The molecule has 0 aliphatic rings. The molecule has 0 aliphatic carbocycles. The Morgan fingerprint density at radius 2 is 2.25 bits per heavy atom. The number of nitrogens with one attached hydrogen (secondary N) is 2. The summed E-state index contributed by atoms with van der Waals surface area (Å²) in [5, 5.41) is 7.03. The first-order valence-corrected chi connectivity index (χ1v) is 8.20. The Balaban J connectivity index is 2.73. The monoisotopic (exact) mass is 304 g/mol. The van der Waals surface area contributed by atoms with Crippen LogP contribution >= 0.6 is 0 Å². The number of hydrogen-bond donors (Lipinski definition) is 2. The molecule has 0 bridgehead atoms. The van der Waals surface area contributed by atoms with Crippen LogP contribution in [0.25, 0.3) is 0 Å². The zero-order chi connectivity index (χ0) is 15.0. The smallest absolute Gasteiger partial charge is 0.244 e. The van der Waals surface area contributed by atoms with Gasteiger partial charge in [-0.15, -0.1) is 0 Å². The molecule has 0 amide bonds. The van der Waals surface area contributed by atoms with Gasteiger partial charge in [0.05, 0.1) is 19.3 Å². The molecule has 0 aromatic carbocycles. The Labute approximate surface area is 120 Å². The molecule has 1 heterocycles. The summed E-state index contributed by atoms with van der Waals surface area (Å²) in [6.45, 7) is 3.73. The van der Waals surface area contributed by atoms with E-state index in [0.29, 0.717) is 13.2 Å². The first-order valence-electron chi connectivity index (χ1n) is 6.71. The highest BCUT2D eigenvalue weighted by atomic mass is 32.2. The fourth-order valence-corrected chi connectivity index (χ4v) is 3.05. The normalized spacial score (nSPS) is 13.6. The van der Waals surface area contributed by atoms with Crippen molar-refractivity contribution in [3.05, 3.63) is 12.4 Å². The van der Waals surface area contributed by atoms with Gasteiger partial charge in [0.2, 0.25) is 10.0 Å². The number of hydrogen-bond acceptors (Lipinski definition) is 5. The van der Waals surface area contributed by atoms with Crippen LogP contribution in [-0.2, 0) is 21.3 Å². The molecule has 20 heavy (non-hydrogen) atoms. The number of likely N-dealkylation sites (N-methyl/N-ethyl adjacent to an activating group) is 1. The molecule has 7 nitrogen and oxygen atoms in total. The van der Waals surface area contributed by atoms with Crippen molar-refractivity contribution in [2.24, 2.45) is 0 Å². The minimum absolute atomic E-state index is 0.186. The number of aromatic nitrogens is 2. The van der Waals surface area contributed by atoms with E-state index in [1.165, 1.54) is 12.4 Å². The van der Waals surface area contributed by atoms with E-state index >= 15 is 0 Å². The lowest BCUT2D eigenvalue weighted by atomic mass is 10.2. The van der Waals surface area contributed by atoms with Gasteiger partial charge in [-0.05, 0) is 13.5 Å². The van der Waals surface area contributed by atoms with Gasteiger partial charge in [0.1, 0.15) is 4.90 Å². The van der Waals surface area contributed by atoms with E-state index in [4.69, 9.17) is 4.74 Å². The summed E-state index contributed by atoms with van der Waals surface area (Å²) in [6, 6.07) is -0.212. The van der Waals surface area contributed by atoms with Crippen molar-refractivity contribution >= 4 is 10.0 Å². The van der Waals surface area contributed by atoms with Gasteiger partial charge < -0.3 is 10.1 Å². The van der Waals surface area contributed by atoms with Gasteiger partial charge >= 0.3 is 0 Å². The quantitative estimate of drug-likeness (QED) is 0.645. The van der Waals surface area contributed by atoms with Crippen LogP contribution in [0.3, 0.4) is 0 Å². The maximum Gasteiger partial charge on any atom is 0.244 e. The van der Waals surface area contributed by atoms with Gasteiger partial charge in [0, 0.05) is 25.9 Å². The van der Waals surface area contributed by atoms with Crippen LogP contribution in [0.2, 0.25) is 0 Å². The first kappa shape index (κ1) is 17.1. The van der Waals surface area contributed by atoms with Crippen molar-refractivity contribution in [2.45, 2.75) is 37.2 Å². The zero-order valence-corrected chi connectivity index (χ0v) is 13.1. The SMILES string of the molecule is CCCC(COC)NS(=O)(=O)c1cnn(CCNC)c1. The van der Waals surface area contributed by atoms with E-state index in [1.54, 1.807) is 11.8 Å². The molecular formula is C12H24N4O3S. The average Bonchev–Trinajstić information content (AvgIpc) is 2.86. The van der Waals surface area contributed by atoms with E-state index in [2.05, 4.69) is 15.1 Å². The van der Waals surface area contributed by atoms with E-state index in [9.17, 15) is 8.42 Å². The Morgan fingerprint density at radius 1 is 1.50 bits per heavy atom. The number of methoxy groups -OCH3 is 1. The molecule has 1 unspecified atom stereocenters. The maximum absolute atomic E-state index is 12.2. The molecule has 0 aliphatic heterocycles. The molecule has 0 spiro atoms. The Kier molecular flexibility index (Phi) is 7.14. The fourth-order valence-electron chi connectivity index (χ4n) is 1.85. The minimum Gasteiger partial charge on any atom is -0.383 e. The predicted molar refractivity (Wildman–Crippen MR) is 77.0 cm³/mol. The molecule has 1 rings (SSSR count). The van der Waals surface area contributed by atoms with Crippen molar-refractivity contribution in [1.29, 1.82) is 0 Å². The number of nitrogens with zero attached hydrogens (tertiary/aromatic N) is 2. The lowest BCUT2D eigenvalue weighted by Crippen LogP contribution is -2.37. The molecule has 1 aromatic rings. The number of rotatable bonds is 10. The first-order chi connectivity index (χ1) is 9.53. The van der Waals surface area contributed by atoms with Gasteiger partial charge in [0.25, 0.3) is 0 Å². The molecule has 0 saturated heterocycles. The summed E-state index contributed by atoms with van der Waals surface area (Å²) in [5.74, 6) is 0.